The molecule has 0 bridgehead atoms. The number of hydrogen-bond donors (Lipinski definition) is 0. The summed E-state index contributed by atoms with van der Waals surface area (Å²) in [5.74, 6) is 1.00. The summed E-state index contributed by atoms with van der Waals surface area (Å²) >= 11 is 0. The smallest absolute Gasteiger partial charge is 0.306 e. The minimum atomic E-state index is -2.92. The van der Waals surface area contributed by atoms with Crippen molar-refractivity contribution >= 4 is 26.7 Å². The average Bonchev–Trinajstić information content (AvgIpc) is 2.93. The number of nitrogens with zero attached hydrogens (tertiary/aromatic N) is 1. The number of rotatable bonds is 8. The summed E-state index contributed by atoms with van der Waals surface area (Å²) in [6, 6.07) is 22.8. The number of sulfone groups is 1. The number of esters is 1. The van der Waals surface area contributed by atoms with Gasteiger partial charge in [-0.05, 0) is 104 Å². The van der Waals surface area contributed by atoms with E-state index < -0.39 is 9.84 Å². The highest BCUT2D eigenvalue weighted by molar-refractivity contribution is 7.91. The predicted octanol–water partition coefficient (Wildman–Crippen LogP) is 6.64. The molecule has 1 aliphatic heterocycles. The fourth-order valence-electron chi connectivity index (χ4n) is 5.43. The molecule has 0 unspecified atom stereocenters. The van der Waals surface area contributed by atoms with Crippen molar-refractivity contribution in [2.45, 2.75) is 52.6 Å². The maximum atomic E-state index is 11.8. The first kappa shape index (κ1) is 27.8. The normalized spacial score (nSPS) is 15.2. The lowest BCUT2D eigenvalue weighted by atomic mass is 9.93. The minimum Gasteiger partial charge on any atom is -0.490 e. The molecule has 0 spiro atoms. The molecule has 0 aliphatic carbocycles. The molecule has 0 N–H and O–H groups in total. The number of carbonyl (C=O) groups is 1. The molecular weight excluding hydrogens is 522 g/mol. The van der Waals surface area contributed by atoms with Crippen molar-refractivity contribution in [1.29, 1.82) is 0 Å². The number of hydrogen-bond acceptors (Lipinski definition) is 6. The lowest BCUT2D eigenvalue weighted by Gasteiger charge is -2.24. The molecule has 208 valence electrons. The number of fused-ring (bicyclic) bond motifs is 1. The van der Waals surface area contributed by atoms with Gasteiger partial charge in [0, 0.05) is 17.4 Å². The van der Waals surface area contributed by atoms with Gasteiger partial charge in [0.25, 0.3) is 0 Å². The van der Waals surface area contributed by atoms with Crippen molar-refractivity contribution in [1.82, 2.24) is 4.98 Å². The molecule has 1 aromatic heterocycles. The SMILES string of the molecule is CCOC(=O)CCc1ccc2nc(-c3cccc(-c4c(C)cc(OC5CCS(=O)(=O)CC5)cc4C)c3)ccc2c1. The summed E-state index contributed by atoms with van der Waals surface area (Å²) in [6.45, 7) is 6.39. The summed E-state index contributed by atoms with van der Waals surface area (Å²) in [6.07, 6.45) is 2.03. The van der Waals surface area contributed by atoms with Gasteiger partial charge in [-0.2, -0.15) is 0 Å². The summed E-state index contributed by atoms with van der Waals surface area (Å²) in [4.78, 5) is 16.6. The molecule has 0 radical (unpaired) electrons. The van der Waals surface area contributed by atoms with Crippen LogP contribution in [0.2, 0.25) is 0 Å². The monoisotopic (exact) mass is 557 g/mol. The van der Waals surface area contributed by atoms with Crippen molar-refractivity contribution in [3.63, 3.8) is 0 Å². The van der Waals surface area contributed by atoms with Crippen LogP contribution < -0.4 is 4.74 Å². The van der Waals surface area contributed by atoms with E-state index in [2.05, 4.69) is 50.2 Å². The molecule has 1 saturated heterocycles. The molecule has 7 heteroatoms. The van der Waals surface area contributed by atoms with Gasteiger partial charge in [0.15, 0.2) is 9.84 Å². The molecule has 1 fully saturated rings. The Bertz CT molecular complexity index is 1620. The van der Waals surface area contributed by atoms with Gasteiger partial charge in [-0.15, -0.1) is 0 Å². The third kappa shape index (κ3) is 6.53. The largest absolute Gasteiger partial charge is 0.490 e. The molecule has 0 atom stereocenters. The number of aromatic nitrogens is 1. The van der Waals surface area contributed by atoms with Gasteiger partial charge in [0.05, 0.1) is 29.3 Å². The zero-order valence-corrected chi connectivity index (χ0v) is 24.1. The molecule has 2 heterocycles. The Morgan fingerprint density at radius 1 is 0.925 bits per heavy atom. The van der Waals surface area contributed by atoms with Crippen LogP contribution in [0.1, 0.15) is 42.9 Å². The Hall–Kier alpha value is -3.71. The Kier molecular flexibility index (Phi) is 8.22. The summed E-state index contributed by atoms with van der Waals surface area (Å²) < 4.78 is 34.7. The number of aryl methyl sites for hydroxylation is 3. The van der Waals surface area contributed by atoms with Gasteiger partial charge in [-0.25, -0.2) is 13.4 Å². The Labute approximate surface area is 236 Å². The van der Waals surface area contributed by atoms with Crippen LogP contribution in [0.3, 0.4) is 0 Å². The molecule has 3 aromatic carbocycles. The van der Waals surface area contributed by atoms with E-state index in [1.165, 1.54) is 0 Å². The topological polar surface area (TPSA) is 82.6 Å². The highest BCUT2D eigenvalue weighted by Gasteiger charge is 2.25. The number of pyridine rings is 1. The fourth-order valence-corrected chi connectivity index (χ4v) is 6.88. The molecule has 40 heavy (non-hydrogen) atoms. The van der Waals surface area contributed by atoms with Crippen LogP contribution in [-0.4, -0.2) is 43.6 Å². The second kappa shape index (κ2) is 11.8. The average molecular weight is 558 g/mol. The molecule has 1 aliphatic rings. The van der Waals surface area contributed by atoms with Crippen LogP contribution in [0, 0.1) is 13.8 Å². The van der Waals surface area contributed by atoms with E-state index in [0.717, 1.165) is 55.7 Å². The standard InChI is InChI=1S/C33H35NO5S/c1-4-38-32(35)13-9-24-8-11-30-26(20-24)10-12-31(34-30)25-6-5-7-27(21-25)33-22(2)18-29(19-23(33)3)39-28-14-16-40(36,37)17-15-28/h5-8,10-12,18-21,28H,4,9,13-17H2,1-3H3. The van der Waals surface area contributed by atoms with Gasteiger partial charge in [-0.1, -0.05) is 30.3 Å². The highest BCUT2D eigenvalue weighted by Crippen LogP contribution is 2.34. The maximum Gasteiger partial charge on any atom is 0.306 e. The first-order valence-electron chi connectivity index (χ1n) is 13.9. The van der Waals surface area contributed by atoms with E-state index in [1.807, 2.05) is 37.3 Å². The van der Waals surface area contributed by atoms with Gasteiger partial charge in [0.2, 0.25) is 0 Å². The zero-order valence-electron chi connectivity index (χ0n) is 23.3. The van der Waals surface area contributed by atoms with E-state index in [1.54, 1.807) is 0 Å². The molecule has 5 rings (SSSR count). The highest BCUT2D eigenvalue weighted by atomic mass is 32.2. The predicted molar refractivity (Wildman–Crippen MR) is 159 cm³/mol. The summed E-state index contributed by atoms with van der Waals surface area (Å²) in [5, 5.41) is 1.04. The third-order valence-corrected chi connectivity index (χ3v) is 9.15. The van der Waals surface area contributed by atoms with E-state index in [4.69, 9.17) is 14.5 Å². The summed E-state index contributed by atoms with van der Waals surface area (Å²) in [7, 11) is -2.92. The van der Waals surface area contributed by atoms with Crippen LogP contribution >= 0.6 is 0 Å². The van der Waals surface area contributed by atoms with E-state index >= 15 is 0 Å². The summed E-state index contributed by atoms with van der Waals surface area (Å²) in [5.41, 5.74) is 8.42. The second-order valence-electron chi connectivity index (χ2n) is 10.5. The van der Waals surface area contributed by atoms with Crippen molar-refractivity contribution in [3.8, 4) is 28.1 Å². The third-order valence-electron chi connectivity index (χ3n) is 7.43. The Balaban J connectivity index is 1.35. The quantitative estimate of drug-likeness (QED) is 0.226. The number of ether oxygens (including phenoxy) is 2. The van der Waals surface area contributed by atoms with Crippen LogP contribution in [0.5, 0.6) is 5.75 Å². The van der Waals surface area contributed by atoms with E-state index in [-0.39, 0.29) is 23.6 Å². The number of benzene rings is 3. The van der Waals surface area contributed by atoms with E-state index in [9.17, 15) is 13.2 Å². The van der Waals surface area contributed by atoms with Gasteiger partial charge < -0.3 is 9.47 Å². The van der Waals surface area contributed by atoms with Crippen LogP contribution in [-0.2, 0) is 25.8 Å². The Morgan fingerprint density at radius 2 is 1.65 bits per heavy atom. The molecular formula is C33H35NO5S. The van der Waals surface area contributed by atoms with Crippen molar-refractivity contribution < 1.29 is 22.7 Å². The van der Waals surface area contributed by atoms with Crippen LogP contribution in [0.25, 0.3) is 33.3 Å². The van der Waals surface area contributed by atoms with Crippen LogP contribution in [0.15, 0.2) is 66.7 Å². The molecule has 0 amide bonds. The molecule has 0 saturated carbocycles. The van der Waals surface area contributed by atoms with Gasteiger partial charge >= 0.3 is 5.97 Å². The minimum absolute atomic E-state index is 0.0656. The first-order valence-corrected chi connectivity index (χ1v) is 15.7. The fraction of sp³-hybridized carbons (Fsp3) is 0.333. The molecule has 6 nitrogen and oxygen atoms in total. The second-order valence-corrected chi connectivity index (χ2v) is 12.8. The van der Waals surface area contributed by atoms with Crippen molar-refractivity contribution in [3.05, 3.63) is 83.4 Å². The van der Waals surface area contributed by atoms with Crippen molar-refractivity contribution in [2.75, 3.05) is 18.1 Å². The van der Waals surface area contributed by atoms with Crippen LogP contribution in [0.4, 0.5) is 0 Å². The van der Waals surface area contributed by atoms with E-state index in [0.29, 0.717) is 32.3 Å². The lowest BCUT2D eigenvalue weighted by Crippen LogP contribution is -2.30. The zero-order chi connectivity index (χ0) is 28.3. The maximum absolute atomic E-state index is 11.8. The lowest BCUT2D eigenvalue weighted by molar-refractivity contribution is -0.143. The van der Waals surface area contributed by atoms with Gasteiger partial charge in [-0.3, -0.25) is 4.79 Å². The Morgan fingerprint density at radius 3 is 2.38 bits per heavy atom. The molecule has 4 aromatic rings. The van der Waals surface area contributed by atoms with Gasteiger partial charge in [0.1, 0.15) is 11.9 Å². The van der Waals surface area contributed by atoms with Crippen molar-refractivity contribution in [2.24, 2.45) is 0 Å². The first-order chi connectivity index (χ1) is 19.2. The number of carbonyl (C=O) groups excluding carboxylic acids is 1.